The molecule has 13 aromatic rings. The van der Waals surface area contributed by atoms with Crippen LogP contribution in [0.4, 0.5) is 0 Å². The Labute approximate surface area is 375 Å². The van der Waals surface area contributed by atoms with E-state index < -0.39 is 0 Å². The second-order valence-corrected chi connectivity index (χ2v) is 19.2. The molecule has 13 rings (SSSR count). The Balaban J connectivity index is 1.04. The van der Waals surface area contributed by atoms with E-state index in [2.05, 4.69) is 206 Å². The van der Waals surface area contributed by atoms with Crippen LogP contribution in [0.1, 0.15) is 0 Å². The van der Waals surface area contributed by atoms with Crippen LogP contribution in [0.2, 0.25) is 0 Å². The molecule has 0 radical (unpaired) electrons. The molecule has 0 atom stereocenters. The Morgan fingerprint density at radius 3 is 1.14 bits per heavy atom. The highest BCUT2D eigenvalue weighted by molar-refractivity contribution is 7.27. The summed E-state index contributed by atoms with van der Waals surface area (Å²) in [5, 5.41) is 7.74. The molecule has 294 valence electrons. The van der Waals surface area contributed by atoms with E-state index in [1.165, 1.54) is 82.8 Å². The minimum absolute atomic E-state index is 0.693. The topological polar surface area (TPSA) is 25.8 Å². The first kappa shape index (κ1) is 36.4. The molecule has 0 saturated heterocycles. The molecule has 0 saturated carbocycles. The molecule has 4 heterocycles. The van der Waals surface area contributed by atoms with Gasteiger partial charge in [-0.15, -0.1) is 34.0 Å². The largest absolute Gasteiger partial charge is 0.228 e. The van der Waals surface area contributed by atoms with Crippen molar-refractivity contribution in [2.45, 2.75) is 0 Å². The van der Waals surface area contributed by atoms with Gasteiger partial charge in [-0.1, -0.05) is 158 Å². The monoisotopic (exact) mass is 854 g/mol. The molecule has 0 amide bonds. The number of hydrogen-bond acceptors (Lipinski definition) is 5. The molecular formula is C58H34N2S3. The Hall–Kier alpha value is -7.28. The van der Waals surface area contributed by atoms with Gasteiger partial charge in [-0.05, 0) is 81.9 Å². The van der Waals surface area contributed by atoms with Crippen molar-refractivity contribution < 1.29 is 0 Å². The molecule has 0 unspecified atom stereocenters. The van der Waals surface area contributed by atoms with E-state index in [1.54, 1.807) is 0 Å². The van der Waals surface area contributed by atoms with E-state index in [0.717, 1.165) is 39.2 Å². The lowest BCUT2D eigenvalue weighted by atomic mass is 9.94. The maximum atomic E-state index is 5.49. The zero-order valence-corrected chi connectivity index (χ0v) is 36.2. The van der Waals surface area contributed by atoms with E-state index in [0.29, 0.717) is 5.82 Å². The number of benzene rings is 9. The minimum Gasteiger partial charge on any atom is -0.228 e. The van der Waals surface area contributed by atoms with E-state index in [4.69, 9.17) is 9.97 Å². The van der Waals surface area contributed by atoms with Crippen molar-refractivity contribution >= 4 is 94.5 Å². The first-order chi connectivity index (χ1) is 31.2. The summed E-state index contributed by atoms with van der Waals surface area (Å²) in [6, 6.07) is 74.9. The zero-order chi connectivity index (χ0) is 41.4. The van der Waals surface area contributed by atoms with E-state index in [1.807, 2.05) is 34.0 Å². The fourth-order valence-electron chi connectivity index (χ4n) is 9.32. The van der Waals surface area contributed by atoms with Gasteiger partial charge < -0.3 is 0 Å². The average Bonchev–Trinajstić information content (AvgIpc) is 4.06. The molecule has 4 aromatic heterocycles. The number of hydrogen-bond donors (Lipinski definition) is 0. The third kappa shape index (κ3) is 6.11. The van der Waals surface area contributed by atoms with Gasteiger partial charge in [0.25, 0.3) is 0 Å². The summed E-state index contributed by atoms with van der Waals surface area (Å²) in [5.74, 6) is 0.693. The van der Waals surface area contributed by atoms with Crippen LogP contribution in [0.3, 0.4) is 0 Å². The fraction of sp³-hybridized carbons (Fsp3) is 0. The highest BCUT2D eigenvalue weighted by atomic mass is 32.1. The van der Waals surface area contributed by atoms with Gasteiger partial charge in [0, 0.05) is 77.2 Å². The fourth-order valence-corrected chi connectivity index (χ4v) is 13.0. The SMILES string of the molecule is c1ccc(-c2cc(-c3cccc(-c4cccc5c4sc4ccccc45)c3)nc(-c3cc(-c4cccc5c4sc4ccccc45)cc(-c4cccc5c4sc4ccccc45)c3)n2)cc1. The lowest BCUT2D eigenvalue weighted by molar-refractivity contribution is 1.18. The van der Waals surface area contributed by atoms with Crippen molar-refractivity contribution in [1.29, 1.82) is 0 Å². The summed E-state index contributed by atoms with van der Waals surface area (Å²) in [5.41, 5.74) is 12.0. The molecular weight excluding hydrogens is 821 g/mol. The summed E-state index contributed by atoms with van der Waals surface area (Å²) in [4.78, 5) is 10.9. The summed E-state index contributed by atoms with van der Waals surface area (Å²) < 4.78 is 7.76. The molecule has 0 fully saturated rings. The Morgan fingerprint density at radius 1 is 0.254 bits per heavy atom. The summed E-state index contributed by atoms with van der Waals surface area (Å²) in [6.07, 6.45) is 0. The van der Waals surface area contributed by atoms with Crippen LogP contribution in [0.25, 0.3) is 128 Å². The normalized spacial score (nSPS) is 11.8. The van der Waals surface area contributed by atoms with Crippen molar-refractivity contribution in [3.05, 3.63) is 206 Å². The first-order valence-corrected chi connectivity index (χ1v) is 23.6. The minimum atomic E-state index is 0.693. The van der Waals surface area contributed by atoms with Crippen molar-refractivity contribution in [3.8, 4) is 67.3 Å². The summed E-state index contributed by atoms with van der Waals surface area (Å²) in [6.45, 7) is 0. The van der Waals surface area contributed by atoms with Gasteiger partial charge in [-0.2, -0.15) is 0 Å². The molecule has 2 nitrogen and oxygen atoms in total. The van der Waals surface area contributed by atoms with Gasteiger partial charge in [0.15, 0.2) is 5.82 Å². The van der Waals surface area contributed by atoms with Crippen molar-refractivity contribution in [3.63, 3.8) is 0 Å². The first-order valence-electron chi connectivity index (χ1n) is 21.1. The second kappa shape index (κ2) is 14.7. The Morgan fingerprint density at radius 2 is 0.619 bits per heavy atom. The van der Waals surface area contributed by atoms with Crippen LogP contribution in [0.15, 0.2) is 206 Å². The standard InChI is InChI=1S/C58H34N2S3/c1-2-14-35(15-3-1)50-34-51(37-17-10-16-36(30-37)41-21-11-24-47-44-18-4-7-27-52(44)61-55(41)47)60-58(59-50)40-32-38(42-22-12-25-48-45-19-5-8-28-53(45)62-56(42)48)31-39(33-40)43-23-13-26-49-46-20-6-9-29-54(46)63-57(43)49/h1-34H. The van der Waals surface area contributed by atoms with Crippen LogP contribution >= 0.6 is 34.0 Å². The quantitative estimate of drug-likeness (QED) is 0.167. The van der Waals surface area contributed by atoms with Crippen LogP contribution in [-0.2, 0) is 0 Å². The van der Waals surface area contributed by atoms with Crippen molar-refractivity contribution in [1.82, 2.24) is 9.97 Å². The molecule has 0 N–H and O–H groups in total. The third-order valence-corrected chi connectivity index (χ3v) is 16.0. The predicted octanol–water partition coefficient (Wildman–Crippen LogP) is 17.6. The number of aromatic nitrogens is 2. The number of rotatable bonds is 6. The maximum absolute atomic E-state index is 5.49. The maximum Gasteiger partial charge on any atom is 0.160 e. The molecule has 0 aliphatic heterocycles. The van der Waals surface area contributed by atoms with E-state index >= 15 is 0 Å². The summed E-state index contributed by atoms with van der Waals surface area (Å²) >= 11 is 5.59. The Kier molecular flexibility index (Phi) is 8.48. The molecule has 0 aliphatic rings. The zero-order valence-electron chi connectivity index (χ0n) is 33.7. The van der Waals surface area contributed by atoms with Gasteiger partial charge in [0.2, 0.25) is 0 Å². The summed E-state index contributed by atoms with van der Waals surface area (Å²) in [7, 11) is 0. The molecule has 9 aromatic carbocycles. The van der Waals surface area contributed by atoms with Gasteiger partial charge in [-0.3, -0.25) is 0 Å². The van der Waals surface area contributed by atoms with E-state index in [-0.39, 0.29) is 0 Å². The molecule has 63 heavy (non-hydrogen) atoms. The van der Waals surface area contributed by atoms with Crippen LogP contribution in [0, 0.1) is 0 Å². The number of fused-ring (bicyclic) bond motifs is 9. The van der Waals surface area contributed by atoms with Crippen molar-refractivity contribution in [2.75, 3.05) is 0 Å². The highest BCUT2D eigenvalue weighted by Gasteiger charge is 2.19. The molecule has 0 bridgehead atoms. The second-order valence-electron chi connectivity index (χ2n) is 16.0. The molecule has 5 heteroatoms. The Bertz CT molecular complexity index is 3800. The predicted molar refractivity (Wildman–Crippen MR) is 273 cm³/mol. The number of nitrogens with zero attached hydrogens (tertiary/aromatic N) is 2. The van der Waals surface area contributed by atoms with Gasteiger partial charge in [-0.25, -0.2) is 9.97 Å². The van der Waals surface area contributed by atoms with E-state index in [9.17, 15) is 0 Å². The molecule has 0 spiro atoms. The molecule has 0 aliphatic carbocycles. The lowest BCUT2D eigenvalue weighted by Crippen LogP contribution is -1.97. The van der Waals surface area contributed by atoms with Crippen LogP contribution in [-0.4, -0.2) is 9.97 Å². The third-order valence-electron chi connectivity index (χ3n) is 12.3. The smallest absolute Gasteiger partial charge is 0.160 e. The average molecular weight is 855 g/mol. The van der Waals surface area contributed by atoms with Gasteiger partial charge in [0.1, 0.15) is 0 Å². The van der Waals surface area contributed by atoms with Gasteiger partial charge in [0.05, 0.1) is 11.4 Å². The lowest BCUT2D eigenvalue weighted by Gasteiger charge is -2.14. The van der Waals surface area contributed by atoms with Gasteiger partial charge >= 0.3 is 0 Å². The highest BCUT2D eigenvalue weighted by Crippen LogP contribution is 2.46. The van der Waals surface area contributed by atoms with Crippen LogP contribution in [0.5, 0.6) is 0 Å². The van der Waals surface area contributed by atoms with Crippen molar-refractivity contribution in [2.24, 2.45) is 0 Å². The van der Waals surface area contributed by atoms with Crippen LogP contribution < -0.4 is 0 Å². The number of thiophene rings is 3.